The number of hydrogen-bond donors (Lipinski definition) is 0. The molecule has 0 unspecified atom stereocenters. The number of methoxy groups -OCH3 is 3. The number of amides is 1. The molecule has 0 radical (unpaired) electrons. The van der Waals surface area contributed by atoms with Crippen LogP contribution in [0.5, 0.6) is 17.2 Å². The van der Waals surface area contributed by atoms with Crippen molar-refractivity contribution in [2.45, 2.75) is 6.42 Å². The first-order valence-corrected chi connectivity index (χ1v) is 11.3. The Morgan fingerprint density at radius 1 is 0.879 bits per heavy atom. The van der Waals surface area contributed by atoms with Gasteiger partial charge in [-0.2, -0.15) is 0 Å². The van der Waals surface area contributed by atoms with E-state index in [0.29, 0.717) is 62.3 Å². The fourth-order valence-electron chi connectivity index (χ4n) is 4.01. The van der Waals surface area contributed by atoms with E-state index in [9.17, 15) is 9.59 Å². The third-order valence-corrected chi connectivity index (χ3v) is 5.94. The molecule has 0 saturated carbocycles. The standard InChI is InChI=1S/C23H35N3O7/c1-29-19-15-18(16-20(30-2)22(19)31-3)23(28)33-12-4-5-24-6-8-25(9-7-24)17-21(27)26-10-13-32-14-11-26/h15-16H,4-14,17H2,1-3H3. The van der Waals surface area contributed by atoms with Crippen molar-refractivity contribution in [3.63, 3.8) is 0 Å². The molecule has 0 aliphatic carbocycles. The number of hydrogen-bond acceptors (Lipinski definition) is 9. The fraction of sp³-hybridized carbons (Fsp3) is 0.652. The van der Waals surface area contributed by atoms with Gasteiger partial charge in [0.15, 0.2) is 11.5 Å². The van der Waals surface area contributed by atoms with Crippen molar-refractivity contribution >= 4 is 11.9 Å². The molecule has 0 N–H and O–H groups in total. The van der Waals surface area contributed by atoms with Gasteiger partial charge in [0.1, 0.15) is 0 Å². The lowest BCUT2D eigenvalue weighted by Crippen LogP contribution is -2.51. The quantitative estimate of drug-likeness (QED) is 0.367. The van der Waals surface area contributed by atoms with E-state index in [-0.39, 0.29) is 5.91 Å². The minimum Gasteiger partial charge on any atom is -0.493 e. The van der Waals surface area contributed by atoms with Crippen molar-refractivity contribution in [1.82, 2.24) is 14.7 Å². The molecule has 0 atom stereocenters. The van der Waals surface area contributed by atoms with Crippen LogP contribution in [0.1, 0.15) is 16.8 Å². The van der Waals surface area contributed by atoms with Gasteiger partial charge in [0.25, 0.3) is 0 Å². The van der Waals surface area contributed by atoms with Crippen molar-refractivity contribution < 1.29 is 33.3 Å². The molecule has 10 nitrogen and oxygen atoms in total. The zero-order chi connectivity index (χ0) is 23.6. The van der Waals surface area contributed by atoms with E-state index in [1.807, 2.05) is 4.90 Å². The summed E-state index contributed by atoms with van der Waals surface area (Å²) in [7, 11) is 4.52. The van der Waals surface area contributed by atoms with Gasteiger partial charge < -0.3 is 33.5 Å². The van der Waals surface area contributed by atoms with E-state index in [4.69, 9.17) is 23.7 Å². The molecule has 2 fully saturated rings. The summed E-state index contributed by atoms with van der Waals surface area (Å²) in [5.41, 5.74) is 0.350. The largest absolute Gasteiger partial charge is 0.493 e. The van der Waals surface area contributed by atoms with Gasteiger partial charge in [-0.1, -0.05) is 0 Å². The second-order valence-electron chi connectivity index (χ2n) is 8.01. The Hall–Kier alpha value is -2.56. The third kappa shape index (κ3) is 6.96. The lowest BCUT2D eigenvalue weighted by atomic mass is 10.2. The molecule has 3 rings (SSSR count). The van der Waals surface area contributed by atoms with Crippen LogP contribution < -0.4 is 14.2 Å². The maximum Gasteiger partial charge on any atom is 0.338 e. The molecule has 1 aromatic carbocycles. The van der Waals surface area contributed by atoms with Gasteiger partial charge in [-0.3, -0.25) is 9.69 Å². The smallest absolute Gasteiger partial charge is 0.338 e. The second kappa shape index (κ2) is 12.6. The van der Waals surface area contributed by atoms with Gasteiger partial charge in [0.2, 0.25) is 11.7 Å². The maximum atomic E-state index is 12.5. The number of nitrogens with zero attached hydrogens (tertiary/aromatic N) is 3. The predicted molar refractivity (Wildman–Crippen MR) is 121 cm³/mol. The molecule has 2 aliphatic heterocycles. The minimum atomic E-state index is -0.430. The van der Waals surface area contributed by atoms with Crippen LogP contribution >= 0.6 is 0 Å². The van der Waals surface area contributed by atoms with Crippen LogP contribution in [0.2, 0.25) is 0 Å². The van der Waals surface area contributed by atoms with Crippen LogP contribution in [-0.2, 0) is 14.3 Å². The van der Waals surface area contributed by atoms with Crippen LogP contribution in [0.3, 0.4) is 0 Å². The van der Waals surface area contributed by atoms with Crippen LogP contribution in [0.25, 0.3) is 0 Å². The summed E-state index contributed by atoms with van der Waals surface area (Å²) in [6.45, 7) is 7.80. The highest BCUT2D eigenvalue weighted by atomic mass is 16.5. The predicted octanol–water partition coefficient (Wildman–Crippen LogP) is 0.736. The Labute approximate surface area is 195 Å². The molecule has 0 spiro atoms. The van der Waals surface area contributed by atoms with Crippen molar-refractivity contribution in [1.29, 1.82) is 0 Å². The average molecular weight is 466 g/mol. The number of carbonyl (C=O) groups excluding carboxylic acids is 2. The SMILES string of the molecule is COc1cc(C(=O)OCCCN2CCN(CC(=O)N3CCOCC3)CC2)cc(OC)c1OC. The molecule has 10 heteroatoms. The first-order chi connectivity index (χ1) is 16.0. The zero-order valence-electron chi connectivity index (χ0n) is 19.8. The number of esters is 1. The lowest BCUT2D eigenvalue weighted by molar-refractivity contribution is -0.136. The number of benzene rings is 1. The molecule has 0 aromatic heterocycles. The molecule has 1 amide bonds. The molecule has 2 aliphatic rings. The molecule has 2 heterocycles. The lowest BCUT2D eigenvalue weighted by Gasteiger charge is -2.36. The molecular weight excluding hydrogens is 430 g/mol. The molecule has 0 bridgehead atoms. The molecular formula is C23H35N3O7. The van der Waals surface area contributed by atoms with Crippen molar-refractivity contribution in [3.05, 3.63) is 17.7 Å². The number of morpholine rings is 1. The fourth-order valence-corrected chi connectivity index (χ4v) is 4.01. The summed E-state index contributed by atoms with van der Waals surface area (Å²) in [6, 6.07) is 3.17. The molecule has 1 aromatic rings. The van der Waals surface area contributed by atoms with Crippen LogP contribution in [-0.4, -0.2) is 120 Å². The van der Waals surface area contributed by atoms with Gasteiger partial charge in [0.05, 0.1) is 53.3 Å². The minimum absolute atomic E-state index is 0.186. The third-order valence-electron chi connectivity index (χ3n) is 5.94. The Morgan fingerprint density at radius 3 is 2.06 bits per heavy atom. The summed E-state index contributed by atoms with van der Waals surface area (Å²) in [5, 5.41) is 0. The van der Waals surface area contributed by atoms with Crippen molar-refractivity contribution in [2.75, 3.05) is 93.5 Å². The average Bonchev–Trinajstić information content (AvgIpc) is 2.86. The van der Waals surface area contributed by atoms with E-state index in [2.05, 4.69) is 9.80 Å². The Balaban J connectivity index is 1.36. The summed E-state index contributed by atoms with van der Waals surface area (Å²) >= 11 is 0. The first kappa shape index (κ1) is 25.1. The van der Waals surface area contributed by atoms with Crippen LogP contribution in [0.4, 0.5) is 0 Å². The Kier molecular flexibility index (Phi) is 9.59. The Bertz CT molecular complexity index is 765. The number of rotatable bonds is 10. The van der Waals surface area contributed by atoms with Crippen LogP contribution in [0, 0.1) is 0 Å². The summed E-state index contributed by atoms with van der Waals surface area (Å²) in [5.74, 6) is 1.01. The number of ether oxygens (including phenoxy) is 5. The van der Waals surface area contributed by atoms with Gasteiger partial charge in [-0.25, -0.2) is 4.79 Å². The van der Waals surface area contributed by atoms with E-state index < -0.39 is 5.97 Å². The summed E-state index contributed by atoms with van der Waals surface area (Å²) in [6.07, 6.45) is 0.739. The molecule has 33 heavy (non-hydrogen) atoms. The van der Waals surface area contributed by atoms with Gasteiger partial charge >= 0.3 is 5.97 Å². The molecule has 2 saturated heterocycles. The monoisotopic (exact) mass is 465 g/mol. The number of piperazine rings is 1. The Morgan fingerprint density at radius 2 is 1.48 bits per heavy atom. The maximum absolute atomic E-state index is 12.5. The van der Waals surface area contributed by atoms with Crippen molar-refractivity contribution in [2.24, 2.45) is 0 Å². The highest BCUT2D eigenvalue weighted by molar-refractivity contribution is 5.91. The van der Waals surface area contributed by atoms with Gasteiger partial charge in [-0.15, -0.1) is 0 Å². The zero-order valence-corrected chi connectivity index (χ0v) is 19.8. The normalized spacial score (nSPS) is 17.5. The van der Waals surface area contributed by atoms with E-state index >= 15 is 0 Å². The topological polar surface area (TPSA) is 90.0 Å². The highest BCUT2D eigenvalue weighted by Crippen LogP contribution is 2.38. The van der Waals surface area contributed by atoms with E-state index in [0.717, 1.165) is 39.1 Å². The van der Waals surface area contributed by atoms with Gasteiger partial charge in [0, 0.05) is 45.8 Å². The van der Waals surface area contributed by atoms with E-state index in [1.54, 1.807) is 12.1 Å². The summed E-state index contributed by atoms with van der Waals surface area (Å²) in [4.78, 5) is 31.3. The first-order valence-electron chi connectivity index (χ1n) is 11.3. The molecule has 184 valence electrons. The van der Waals surface area contributed by atoms with Gasteiger partial charge in [-0.05, 0) is 18.6 Å². The summed E-state index contributed by atoms with van der Waals surface area (Å²) < 4.78 is 26.6. The van der Waals surface area contributed by atoms with Crippen molar-refractivity contribution in [3.8, 4) is 17.2 Å². The highest BCUT2D eigenvalue weighted by Gasteiger charge is 2.23. The number of carbonyl (C=O) groups is 2. The van der Waals surface area contributed by atoms with Crippen LogP contribution in [0.15, 0.2) is 12.1 Å². The van der Waals surface area contributed by atoms with E-state index in [1.165, 1.54) is 21.3 Å². The second-order valence-corrected chi connectivity index (χ2v) is 8.01.